The van der Waals surface area contributed by atoms with Crippen LogP contribution in [-0.4, -0.2) is 0 Å². The average Bonchev–Trinajstić information content (AvgIpc) is 3.64. The molecule has 0 saturated carbocycles. The van der Waals surface area contributed by atoms with Gasteiger partial charge in [0.15, 0.2) is 0 Å². The maximum absolute atomic E-state index is 6.42. The summed E-state index contributed by atoms with van der Waals surface area (Å²) in [6.07, 6.45) is 6.12. The summed E-state index contributed by atoms with van der Waals surface area (Å²) in [5.41, 5.74) is 13.1. The van der Waals surface area contributed by atoms with Crippen LogP contribution < -0.4 is 15.3 Å². The summed E-state index contributed by atoms with van der Waals surface area (Å²) >= 11 is 0. The van der Waals surface area contributed by atoms with Gasteiger partial charge >= 0.3 is 0 Å². The molecule has 274 valence electrons. The van der Waals surface area contributed by atoms with Crippen molar-refractivity contribution in [1.29, 1.82) is 0 Å². The first-order valence-electron chi connectivity index (χ1n) is 19.7. The second-order valence-corrected chi connectivity index (χ2v) is 14.6. The first-order chi connectivity index (χ1) is 28.7. The van der Waals surface area contributed by atoms with Gasteiger partial charge in [-0.15, -0.1) is 0 Å². The van der Waals surface area contributed by atoms with Crippen LogP contribution in [0.1, 0.15) is 5.56 Å². The fourth-order valence-electron chi connectivity index (χ4n) is 8.16. The third-order valence-corrected chi connectivity index (χ3v) is 11.0. The smallest absolute Gasteiger partial charge is 0.136 e. The molecule has 10 aromatic rings. The van der Waals surface area contributed by atoms with Gasteiger partial charge in [0.25, 0.3) is 0 Å². The standard InChI is InChI=1S/C56H39NO/c1-2-14-40-17-6-7-18-44(40)35-39-25-32-48(33-26-39)57(53-23-12-10-21-49(53)43-29-27-42(28-30-43)41-15-4-3-5-16-41)54-24-13-11-22-50(54)47-31-34-55-51(37-47)52-36-45-19-8-9-20-46(45)38-56(52)58-55/h2-38H,1H2/b40-14-,44-35+. The predicted octanol–water partition coefficient (Wildman–Crippen LogP) is 14.0. The largest absolute Gasteiger partial charge is 0.456 e. The van der Waals surface area contributed by atoms with Crippen molar-refractivity contribution in [2.75, 3.05) is 4.90 Å². The number of fused-ring (bicyclic) bond motifs is 4. The third kappa shape index (κ3) is 6.57. The van der Waals surface area contributed by atoms with Gasteiger partial charge in [-0.3, -0.25) is 0 Å². The second-order valence-electron chi connectivity index (χ2n) is 14.6. The zero-order valence-electron chi connectivity index (χ0n) is 31.9. The molecule has 1 aromatic heterocycles. The lowest BCUT2D eigenvalue weighted by molar-refractivity contribution is 0.669. The molecular weight excluding hydrogens is 703 g/mol. The summed E-state index contributed by atoms with van der Waals surface area (Å²) in [7, 11) is 0. The Kier molecular flexibility index (Phi) is 9.06. The first kappa shape index (κ1) is 34.8. The molecule has 0 unspecified atom stereocenters. The molecule has 0 atom stereocenters. The van der Waals surface area contributed by atoms with Crippen LogP contribution in [0, 0.1) is 0 Å². The summed E-state index contributed by atoms with van der Waals surface area (Å²) in [6.45, 7) is 3.93. The Labute approximate surface area is 338 Å². The molecule has 0 aliphatic rings. The molecular formula is C56H39NO. The number of para-hydroxylation sites is 2. The second kappa shape index (κ2) is 15.1. The molecule has 0 aliphatic carbocycles. The Morgan fingerprint density at radius 3 is 1.69 bits per heavy atom. The van der Waals surface area contributed by atoms with Crippen molar-refractivity contribution < 1.29 is 4.42 Å². The molecule has 0 fully saturated rings. The molecule has 2 nitrogen and oxygen atoms in total. The Morgan fingerprint density at radius 1 is 0.414 bits per heavy atom. The zero-order chi connectivity index (χ0) is 38.8. The topological polar surface area (TPSA) is 16.4 Å². The number of rotatable bonds is 8. The summed E-state index contributed by atoms with van der Waals surface area (Å²) in [5, 5.41) is 6.88. The van der Waals surface area contributed by atoms with E-state index in [0.29, 0.717) is 0 Å². The lowest BCUT2D eigenvalue weighted by Crippen LogP contribution is -2.23. The average molecular weight is 742 g/mol. The minimum Gasteiger partial charge on any atom is -0.456 e. The number of benzene rings is 9. The first-order valence-corrected chi connectivity index (χ1v) is 19.7. The van der Waals surface area contributed by atoms with Crippen LogP contribution in [0.4, 0.5) is 17.1 Å². The molecule has 0 aliphatic heterocycles. The van der Waals surface area contributed by atoms with Crippen molar-refractivity contribution in [3.8, 4) is 33.4 Å². The lowest BCUT2D eigenvalue weighted by Gasteiger charge is -2.30. The number of hydrogen-bond acceptors (Lipinski definition) is 2. The highest BCUT2D eigenvalue weighted by Gasteiger charge is 2.21. The molecule has 0 spiro atoms. The molecule has 0 saturated heterocycles. The number of allylic oxidation sites excluding steroid dienone is 1. The molecule has 0 radical (unpaired) electrons. The third-order valence-electron chi connectivity index (χ3n) is 11.0. The summed E-state index contributed by atoms with van der Waals surface area (Å²) in [5.74, 6) is 0. The number of nitrogens with zero attached hydrogens (tertiary/aromatic N) is 1. The Bertz CT molecular complexity index is 3230. The predicted molar refractivity (Wildman–Crippen MR) is 246 cm³/mol. The Morgan fingerprint density at radius 2 is 0.966 bits per heavy atom. The minimum absolute atomic E-state index is 0.881. The van der Waals surface area contributed by atoms with E-state index in [2.05, 4.69) is 224 Å². The number of furan rings is 1. The molecule has 0 amide bonds. The zero-order valence-corrected chi connectivity index (χ0v) is 31.9. The Hall–Kier alpha value is -7.68. The van der Waals surface area contributed by atoms with Crippen molar-refractivity contribution in [3.63, 3.8) is 0 Å². The molecule has 0 N–H and O–H groups in total. The van der Waals surface area contributed by atoms with Gasteiger partial charge in [0.2, 0.25) is 0 Å². The summed E-state index contributed by atoms with van der Waals surface area (Å²) in [4.78, 5) is 2.41. The van der Waals surface area contributed by atoms with E-state index in [1.807, 2.05) is 12.2 Å². The maximum Gasteiger partial charge on any atom is 0.136 e. The summed E-state index contributed by atoms with van der Waals surface area (Å²) in [6, 6.07) is 73.7. The van der Waals surface area contributed by atoms with Gasteiger partial charge in [0.05, 0.1) is 11.4 Å². The van der Waals surface area contributed by atoms with Crippen LogP contribution in [0.5, 0.6) is 0 Å². The van der Waals surface area contributed by atoms with E-state index < -0.39 is 0 Å². The van der Waals surface area contributed by atoms with Crippen molar-refractivity contribution in [3.05, 3.63) is 235 Å². The van der Waals surface area contributed by atoms with E-state index in [1.165, 1.54) is 21.9 Å². The monoisotopic (exact) mass is 741 g/mol. The molecule has 9 aromatic carbocycles. The van der Waals surface area contributed by atoms with E-state index in [1.54, 1.807) is 0 Å². The Balaban J connectivity index is 1.14. The van der Waals surface area contributed by atoms with E-state index in [4.69, 9.17) is 4.42 Å². The maximum atomic E-state index is 6.42. The van der Waals surface area contributed by atoms with Crippen LogP contribution in [0.25, 0.3) is 78.2 Å². The van der Waals surface area contributed by atoms with Crippen LogP contribution in [-0.2, 0) is 0 Å². The number of anilines is 3. The fraction of sp³-hybridized carbons (Fsp3) is 0. The van der Waals surface area contributed by atoms with E-state index in [0.717, 1.165) is 77.3 Å². The van der Waals surface area contributed by atoms with Crippen LogP contribution in [0.15, 0.2) is 223 Å². The highest BCUT2D eigenvalue weighted by Crippen LogP contribution is 2.45. The van der Waals surface area contributed by atoms with Crippen molar-refractivity contribution in [1.82, 2.24) is 0 Å². The molecule has 58 heavy (non-hydrogen) atoms. The van der Waals surface area contributed by atoms with E-state index in [9.17, 15) is 0 Å². The van der Waals surface area contributed by atoms with Crippen LogP contribution >= 0.6 is 0 Å². The number of hydrogen-bond donors (Lipinski definition) is 0. The van der Waals surface area contributed by atoms with E-state index in [-0.39, 0.29) is 0 Å². The molecule has 2 heteroatoms. The molecule has 0 bridgehead atoms. The quantitative estimate of drug-likeness (QED) is 0.154. The lowest BCUT2D eigenvalue weighted by atomic mass is 9.96. The highest BCUT2D eigenvalue weighted by molar-refractivity contribution is 6.11. The highest BCUT2D eigenvalue weighted by atomic mass is 16.3. The van der Waals surface area contributed by atoms with Gasteiger partial charge in [0, 0.05) is 27.6 Å². The minimum atomic E-state index is 0.881. The normalized spacial score (nSPS) is 12.1. The van der Waals surface area contributed by atoms with Crippen LogP contribution in [0.3, 0.4) is 0 Å². The fourth-order valence-corrected chi connectivity index (χ4v) is 8.16. The van der Waals surface area contributed by atoms with E-state index >= 15 is 0 Å². The van der Waals surface area contributed by atoms with Gasteiger partial charge in [-0.25, -0.2) is 0 Å². The van der Waals surface area contributed by atoms with Gasteiger partial charge in [0.1, 0.15) is 11.2 Å². The summed E-state index contributed by atoms with van der Waals surface area (Å²) < 4.78 is 6.42. The van der Waals surface area contributed by atoms with Gasteiger partial charge in [-0.2, -0.15) is 0 Å². The SMILES string of the molecule is C=C/C=c1/cccc/c1=C\c1ccc(N(c2ccccc2-c2ccc(-c3ccccc3)cc2)c2ccccc2-c2ccc3oc4cc5ccccc5cc4c3c2)cc1. The van der Waals surface area contributed by atoms with Crippen LogP contribution in [0.2, 0.25) is 0 Å². The van der Waals surface area contributed by atoms with Gasteiger partial charge in [-0.1, -0.05) is 176 Å². The van der Waals surface area contributed by atoms with Crippen molar-refractivity contribution >= 4 is 61.9 Å². The van der Waals surface area contributed by atoms with Crippen molar-refractivity contribution in [2.24, 2.45) is 0 Å². The van der Waals surface area contributed by atoms with Crippen molar-refractivity contribution in [2.45, 2.75) is 0 Å². The molecule has 1 heterocycles. The van der Waals surface area contributed by atoms with Gasteiger partial charge in [-0.05, 0) is 104 Å². The molecule has 10 rings (SSSR count). The van der Waals surface area contributed by atoms with Gasteiger partial charge < -0.3 is 9.32 Å².